The third kappa shape index (κ3) is 2.61. The van der Waals surface area contributed by atoms with Crippen LogP contribution in [0.25, 0.3) is 0 Å². The Bertz CT molecular complexity index is 458. The second kappa shape index (κ2) is 5.51. The summed E-state index contributed by atoms with van der Waals surface area (Å²) >= 11 is 3.49. The second-order valence-electron chi connectivity index (χ2n) is 3.80. The van der Waals surface area contributed by atoms with Crippen molar-refractivity contribution in [1.29, 1.82) is 0 Å². The third-order valence-electron chi connectivity index (χ3n) is 2.78. The van der Waals surface area contributed by atoms with Crippen LogP contribution < -0.4 is 10.1 Å². The van der Waals surface area contributed by atoms with Gasteiger partial charge in [-0.3, -0.25) is 4.79 Å². The summed E-state index contributed by atoms with van der Waals surface area (Å²) in [5.74, 6) is 0.173. The number of hydrogen-bond donors (Lipinski definition) is 2. The molecule has 0 aliphatic carbocycles. The number of methoxy groups -OCH3 is 1. The van der Waals surface area contributed by atoms with Crippen molar-refractivity contribution in [2.24, 2.45) is 0 Å². The van der Waals surface area contributed by atoms with E-state index in [-0.39, 0.29) is 0 Å². The number of halogens is 1. The Morgan fingerprint density at radius 1 is 1.29 bits per heavy atom. The fraction of sp³-hybridized carbons (Fsp3) is 0.417. The topological polar surface area (TPSA) is 58.6 Å². The van der Waals surface area contributed by atoms with Crippen LogP contribution in [0, 0.1) is 20.8 Å². The first-order valence-corrected chi connectivity index (χ1v) is 5.97. The van der Waals surface area contributed by atoms with E-state index in [1.54, 1.807) is 7.11 Å². The summed E-state index contributed by atoms with van der Waals surface area (Å²) in [6.45, 7) is 5.23. The molecule has 0 saturated heterocycles. The largest absolute Gasteiger partial charge is 0.494 e. The molecule has 0 atom stereocenters. The lowest BCUT2D eigenvalue weighted by Gasteiger charge is -2.18. The lowest BCUT2D eigenvalue weighted by molar-refractivity contribution is -0.118. The lowest BCUT2D eigenvalue weighted by atomic mass is 10.0. The molecule has 0 bridgehead atoms. The number of hydrogen-bond acceptors (Lipinski definition) is 3. The summed E-state index contributed by atoms with van der Waals surface area (Å²) in [6.07, 6.45) is 0. The van der Waals surface area contributed by atoms with Crippen LogP contribution in [0.4, 0.5) is 5.69 Å². The molecule has 0 aliphatic rings. The highest BCUT2D eigenvalue weighted by Gasteiger charge is 2.18. The normalized spacial score (nSPS) is 10.2. The van der Waals surface area contributed by atoms with Crippen LogP contribution in [0.2, 0.25) is 0 Å². The molecule has 4 nitrogen and oxygen atoms in total. The first-order chi connectivity index (χ1) is 7.93. The third-order valence-corrected chi connectivity index (χ3v) is 3.97. The Balaban J connectivity index is 3.41. The highest BCUT2D eigenvalue weighted by molar-refractivity contribution is 9.10. The average molecular weight is 302 g/mol. The maximum atomic E-state index is 11.3. The fourth-order valence-electron chi connectivity index (χ4n) is 1.67. The molecule has 5 heteroatoms. The summed E-state index contributed by atoms with van der Waals surface area (Å²) < 4.78 is 6.26. The van der Waals surface area contributed by atoms with Gasteiger partial charge in [0.05, 0.1) is 12.8 Å². The Morgan fingerprint density at radius 2 is 1.88 bits per heavy atom. The summed E-state index contributed by atoms with van der Waals surface area (Å²) in [5.41, 5.74) is 3.51. The van der Waals surface area contributed by atoms with Crippen LogP contribution in [-0.4, -0.2) is 24.7 Å². The molecule has 0 saturated carbocycles. The minimum atomic E-state index is -0.548. The minimum absolute atomic E-state index is 0.457. The zero-order chi connectivity index (χ0) is 13.2. The molecular weight excluding hydrogens is 286 g/mol. The van der Waals surface area contributed by atoms with Gasteiger partial charge in [0.1, 0.15) is 12.4 Å². The summed E-state index contributed by atoms with van der Waals surface area (Å²) in [5, 5.41) is 11.4. The van der Waals surface area contributed by atoms with Gasteiger partial charge < -0.3 is 15.2 Å². The number of aliphatic hydroxyl groups is 1. The molecule has 0 spiro atoms. The highest BCUT2D eigenvalue weighted by Crippen LogP contribution is 2.39. The van der Waals surface area contributed by atoms with E-state index >= 15 is 0 Å². The van der Waals surface area contributed by atoms with Crippen molar-refractivity contribution >= 4 is 27.5 Å². The number of rotatable bonds is 3. The average Bonchev–Trinajstić information content (AvgIpc) is 2.33. The SMILES string of the molecule is COc1c(C)c(C)c(Br)c(C)c1NC(=O)CO. The summed E-state index contributed by atoms with van der Waals surface area (Å²) in [4.78, 5) is 11.3. The number of anilines is 1. The van der Waals surface area contributed by atoms with Crippen molar-refractivity contribution in [2.75, 3.05) is 19.0 Å². The predicted octanol–water partition coefficient (Wildman–Crippen LogP) is 2.31. The number of carbonyl (C=O) groups excluding carboxylic acids is 1. The van der Waals surface area contributed by atoms with Crippen LogP contribution in [0.15, 0.2) is 4.47 Å². The molecule has 0 unspecified atom stereocenters. The maximum Gasteiger partial charge on any atom is 0.250 e. The van der Waals surface area contributed by atoms with Gasteiger partial charge in [-0.15, -0.1) is 0 Å². The molecule has 0 aliphatic heterocycles. The molecule has 1 aromatic rings. The lowest BCUT2D eigenvalue weighted by Crippen LogP contribution is -2.17. The summed E-state index contributed by atoms with van der Waals surface area (Å²) in [7, 11) is 1.56. The van der Waals surface area contributed by atoms with Crippen LogP contribution in [0.3, 0.4) is 0 Å². The standard InChI is InChI=1S/C12H16BrNO3/c1-6-7(2)12(17-4)11(8(3)10(6)13)14-9(16)5-15/h15H,5H2,1-4H3,(H,14,16). The number of ether oxygens (including phenoxy) is 1. The van der Waals surface area contributed by atoms with E-state index in [9.17, 15) is 4.79 Å². The van der Waals surface area contributed by atoms with E-state index in [0.717, 1.165) is 21.2 Å². The van der Waals surface area contributed by atoms with E-state index in [1.807, 2.05) is 20.8 Å². The zero-order valence-corrected chi connectivity index (χ0v) is 11.9. The van der Waals surface area contributed by atoms with Crippen molar-refractivity contribution in [2.45, 2.75) is 20.8 Å². The highest BCUT2D eigenvalue weighted by atomic mass is 79.9. The fourth-order valence-corrected chi connectivity index (χ4v) is 2.16. The van der Waals surface area contributed by atoms with Crippen molar-refractivity contribution in [3.8, 4) is 5.75 Å². The van der Waals surface area contributed by atoms with Crippen molar-refractivity contribution in [1.82, 2.24) is 0 Å². The first-order valence-electron chi connectivity index (χ1n) is 5.18. The van der Waals surface area contributed by atoms with Crippen molar-refractivity contribution < 1.29 is 14.6 Å². The predicted molar refractivity (Wildman–Crippen MR) is 70.6 cm³/mol. The molecular formula is C12H16BrNO3. The van der Waals surface area contributed by atoms with E-state index < -0.39 is 12.5 Å². The molecule has 1 amide bonds. The molecule has 0 radical (unpaired) electrons. The second-order valence-corrected chi connectivity index (χ2v) is 4.60. The number of nitrogens with one attached hydrogen (secondary N) is 1. The minimum Gasteiger partial charge on any atom is -0.494 e. The van der Waals surface area contributed by atoms with Gasteiger partial charge in [0, 0.05) is 4.47 Å². The Labute approximate surface area is 109 Å². The maximum absolute atomic E-state index is 11.3. The molecule has 0 aromatic heterocycles. The molecule has 2 N–H and O–H groups in total. The van der Waals surface area contributed by atoms with Crippen LogP contribution in [0.5, 0.6) is 5.75 Å². The Morgan fingerprint density at radius 3 is 2.35 bits per heavy atom. The quantitative estimate of drug-likeness (QED) is 0.901. The van der Waals surface area contributed by atoms with Gasteiger partial charge in [-0.25, -0.2) is 0 Å². The molecule has 17 heavy (non-hydrogen) atoms. The Hall–Kier alpha value is -1.07. The van der Waals surface area contributed by atoms with Gasteiger partial charge >= 0.3 is 0 Å². The number of carbonyl (C=O) groups is 1. The summed E-state index contributed by atoms with van der Waals surface area (Å²) in [6, 6.07) is 0. The molecule has 94 valence electrons. The van der Waals surface area contributed by atoms with Crippen LogP contribution in [-0.2, 0) is 4.79 Å². The Kier molecular flexibility index (Phi) is 4.54. The molecule has 0 fully saturated rings. The van der Waals surface area contributed by atoms with Crippen molar-refractivity contribution in [3.63, 3.8) is 0 Å². The molecule has 0 heterocycles. The van der Waals surface area contributed by atoms with Gasteiger partial charge in [-0.1, -0.05) is 15.9 Å². The van der Waals surface area contributed by atoms with Gasteiger partial charge in [-0.2, -0.15) is 0 Å². The first kappa shape index (κ1) is 14.0. The van der Waals surface area contributed by atoms with Gasteiger partial charge in [0.15, 0.2) is 0 Å². The number of benzene rings is 1. The molecule has 1 aromatic carbocycles. The van der Waals surface area contributed by atoms with Gasteiger partial charge in [0.2, 0.25) is 5.91 Å². The molecule has 1 rings (SSSR count). The van der Waals surface area contributed by atoms with E-state index in [0.29, 0.717) is 11.4 Å². The smallest absolute Gasteiger partial charge is 0.250 e. The number of aliphatic hydroxyl groups excluding tert-OH is 1. The monoisotopic (exact) mass is 301 g/mol. The van der Waals surface area contributed by atoms with E-state index in [1.165, 1.54) is 0 Å². The zero-order valence-electron chi connectivity index (χ0n) is 10.3. The van der Waals surface area contributed by atoms with E-state index in [2.05, 4.69) is 21.2 Å². The number of amides is 1. The van der Waals surface area contributed by atoms with E-state index in [4.69, 9.17) is 9.84 Å². The van der Waals surface area contributed by atoms with Gasteiger partial charge in [0.25, 0.3) is 0 Å². The van der Waals surface area contributed by atoms with Crippen molar-refractivity contribution in [3.05, 3.63) is 21.2 Å². The van der Waals surface area contributed by atoms with Gasteiger partial charge in [-0.05, 0) is 37.5 Å². The van der Waals surface area contributed by atoms with Crippen LogP contribution in [0.1, 0.15) is 16.7 Å². The van der Waals surface area contributed by atoms with Crippen LogP contribution >= 0.6 is 15.9 Å².